The lowest BCUT2D eigenvalue weighted by atomic mass is 10.1. The van der Waals surface area contributed by atoms with Crippen molar-refractivity contribution in [1.29, 1.82) is 0 Å². The Kier molecular flexibility index (Phi) is 2.06. The molecule has 1 aromatic carbocycles. The lowest BCUT2D eigenvalue weighted by Crippen LogP contribution is -2.21. The Morgan fingerprint density at radius 2 is 2.00 bits per heavy atom. The minimum Gasteiger partial charge on any atom is -0.360 e. The van der Waals surface area contributed by atoms with E-state index in [9.17, 15) is 9.59 Å². The highest BCUT2D eigenvalue weighted by molar-refractivity contribution is 6.39. The molecule has 1 aliphatic heterocycles. The van der Waals surface area contributed by atoms with Crippen LogP contribution in [0.2, 0.25) is 5.02 Å². The number of fused-ring (bicyclic) bond motifs is 1. The van der Waals surface area contributed by atoms with Crippen molar-refractivity contribution in [2.45, 2.75) is 0 Å². The van der Waals surface area contributed by atoms with E-state index in [0.29, 0.717) is 16.2 Å². The monoisotopic (exact) mass is 246 g/mol. The van der Waals surface area contributed by atoms with E-state index in [1.807, 2.05) is 12.1 Å². The van der Waals surface area contributed by atoms with Gasteiger partial charge in [-0.3, -0.25) is 14.9 Å². The molecule has 1 aliphatic rings. The van der Waals surface area contributed by atoms with Gasteiger partial charge < -0.3 is 4.98 Å². The Hall–Kier alpha value is -2.07. The van der Waals surface area contributed by atoms with Gasteiger partial charge in [0.2, 0.25) is 0 Å². The van der Waals surface area contributed by atoms with E-state index in [2.05, 4.69) is 10.3 Å². The number of imide groups is 1. The fourth-order valence-corrected chi connectivity index (χ4v) is 2.24. The quantitative estimate of drug-likeness (QED) is 0.755. The van der Waals surface area contributed by atoms with Crippen LogP contribution in [0.5, 0.6) is 0 Å². The van der Waals surface area contributed by atoms with Gasteiger partial charge in [-0.15, -0.1) is 0 Å². The normalized spacial score (nSPS) is 15.2. The highest BCUT2D eigenvalue weighted by Crippen LogP contribution is 2.31. The molecule has 2 N–H and O–H groups in total. The largest absolute Gasteiger partial charge is 0.360 e. The van der Waals surface area contributed by atoms with Crippen molar-refractivity contribution in [3.05, 3.63) is 41.1 Å². The van der Waals surface area contributed by atoms with Crippen LogP contribution in [0.1, 0.15) is 5.56 Å². The van der Waals surface area contributed by atoms with E-state index in [1.54, 1.807) is 12.3 Å². The minimum atomic E-state index is -0.397. The van der Waals surface area contributed by atoms with Crippen molar-refractivity contribution in [2.24, 2.45) is 0 Å². The maximum atomic E-state index is 11.6. The van der Waals surface area contributed by atoms with Gasteiger partial charge in [0.05, 0.1) is 10.6 Å². The molecule has 4 nitrogen and oxygen atoms in total. The number of rotatable bonds is 1. The Labute approximate surface area is 101 Å². The van der Waals surface area contributed by atoms with Crippen LogP contribution >= 0.6 is 11.6 Å². The number of aromatic nitrogens is 1. The molecular formula is C12H7ClN2O2. The summed E-state index contributed by atoms with van der Waals surface area (Å²) in [5.41, 5.74) is 1.82. The van der Waals surface area contributed by atoms with Crippen LogP contribution in [0, 0.1) is 0 Å². The van der Waals surface area contributed by atoms with Gasteiger partial charge in [-0.25, -0.2) is 0 Å². The molecule has 2 heterocycles. The van der Waals surface area contributed by atoms with Crippen molar-refractivity contribution >= 4 is 39.9 Å². The van der Waals surface area contributed by atoms with Gasteiger partial charge in [-0.2, -0.15) is 0 Å². The predicted octanol–water partition coefficient (Wildman–Crippen LogP) is 1.86. The van der Waals surface area contributed by atoms with Crippen molar-refractivity contribution in [3.8, 4) is 0 Å². The number of hydrogen-bond donors (Lipinski definition) is 2. The first-order valence-corrected chi connectivity index (χ1v) is 5.37. The average molecular weight is 247 g/mol. The lowest BCUT2D eigenvalue weighted by Gasteiger charge is -1.99. The minimum absolute atomic E-state index is 0.342. The summed E-state index contributed by atoms with van der Waals surface area (Å²) < 4.78 is 0. The molecule has 0 aliphatic carbocycles. The van der Waals surface area contributed by atoms with E-state index < -0.39 is 11.8 Å². The smallest absolute Gasteiger partial charge is 0.258 e. The predicted molar refractivity (Wildman–Crippen MR) is 64.4 cm³/mol. The number of hydrogen-bond acceptors (Lipinski definition) is 2. The number of amides is 2. The van der Waals surface area contributed by atoms with Gasteiger partial charge in [0.25, 0.3) is 11.8 Å². The molecule has 17 heavy (non-hydrogen) atoms. The summed E-state index contributed by atoms with van der Waals surface area (Å²) >= 11 is 6.10. The number of benzene rings is 1. The summed E-state index contributed by atoms with van der Waals surface area (Å²) in [6.45, 7) is 0. The molecule has 5 heteroatoms. The van der Waals surface area contributed by atoms with Crippen LogP contribution in [0.15, 0.2) is 30.5 Å². The number of aromatic amines is 1. The Morgan fingerprint density at radius 1 is 1.18 bits per heavy atom. The molecule has 0 spiro atoms. The Balaban J connectivity index is 2.29. The summed E-state index contributed by atoms with van der Waals surface area (Å²) in [4.78, 5) is 25.7. The van der Waals surface area contributed by atoms with Crippen LogP contribution in [-0.4, -0.2) is 16.8 Å². The van der Waals surface area contributed by atoms with Crippen molar-refractivity contribution in [1.82, 2.24) is 10.3 Å². The van der Waals surface area contributed by atoms with Crippen molar-refractivity contribution in [2.75, 3.05) is 0 Å². The fraction of sp³-hybridized carbons (Fsp3) is 0. The van der Waals surface area contributed by atoms with Gasteiger partial charge in [0, 0.05) is 28.7 Å². The molecule has 2 aromatic rings. The highest BCUT2D eigenvalue weighted by atomic mass is 35.5. The average Bonchev–Trinajstić information content (AvgIpc) is 2.83. The highest BCUT2D eigenvalue weighted by Gasteiger charge is 2.24. The summed E-state index contributed by atoms with van der Waals surface area (Å²) in [7, 11) is 0. The van der Waals surface area contributed by atoms with Crippen LogP contribution in [0.3, 0.4) is 0 Å². The first kappa shape index (κ1) is 10.1. The fourth-order valence-electron chi connectivity index (χ4n) is 1.96. The third kappa shape index (κ3) is 1.45. The van der Waals surface area contributed by atoms with Crippen molar-refractivity contribution in [3.63, 3.8) is 0 Å². The molecule has 0 fully saturated rings. The molecule has 2 amide bonds. The van der Waals surface area contributed by atoms with Gasteiger partial charge in [0.1, 0.15) is 0 Å². The second-order valence-corrected chi connectivity index (χ2v) is 4.15. The third-order valence-electron chi connectivity index (χ3n) is 2.70. The van der Waals surface area contributed by atoms with E-state index in [0.717, 1.165) is 10.9 Å². The van der Waals surface area contributed by atoms with Gasteiger partial charge in [-0.05, 0) is 12.1 Å². The van der Waals surface area contributed by atoms with Crippen LogP contribution in [-0.2, 0) is 9.59 Å². The van der Waals surface area contributed by atoms with E-state index >= 15 is 0 Å². The molecule has 0 radical (unpaired) electrons. The lowest BCUT2D eigenvalue weighted by molar-refractivity contribution is -0.123. The zero-order chi connectivity index (χ0) is 12.0. The molecular weight excluding hydrogens is 240 g/mol. The maximum Gasteiger partial charge on any atom is 0.258 e. The summed E-state index contributed by atoms with van der Waals surface area (Å²) in [5, 5.41) is 3.51. The molecule has 3 rings (SSSR count). The topological polar surface area (TPSA) is 62.0 Å². The zero-order valence-electron chi connectivity index (χ0n) is 8.58. The summed E-state index contributed by atoms with van der Waals surface area (Å²) in [6, 6.07) is 5.43. The molecule has 1 aromatic heterocycles. The molecule has 0 unspecified atom stereocenters. The van der Waals surface area contributed by atoms with Gasteiger partial charge >= 0.3 is 0 Å². The Bertz CT molecular complexity index is 685. The molecule has 0 bridgehead atoms. The second kappa shape index (κ2) is 3.46. The standard InChI is InChI=1S/C12H7ClN2O2/c13-8-2-1-3-9-11(8)7(5-14-9)6-4-10(16)15-12(6)17/h1-5,14H,(H,15,16,17). The van der Waals surface area contributed by atoms with Gasteiger partial charge in [-0.1, -0.05) is 17.7 Å². The van der Waals surface area contributed by atoms with E-state index in [1.165, 1.54) is 6.08 Å². The second-order valence-electron chi connectivity index (χ2n) is 3.74. The van der Waals surface area contributed by atoms with Crippen molar-refractivity contribution < 1.29 is 9.59 Å². The first-order valence-electron chi connectivity index (χ1n) is 5.00. The number of carbonyl (C=O) groups is 2. The number of carbonyl (C=O) groups excluding carboxylic acids is 2. The first-order chi connectivity index (χ1) is 8.16. The summed E-state index contributed by atoms with van der Waals surface area (Å²) in [6.07, 6.45) is 2.97. The number of nitrogens with one attached hydrogen (secondary N) is 2. The SMILES string of the molecule is O=C1C=C(c2c[nH]c3cccc(Cl)c23)C(=O)N1. The maximum absolute atomic E-state index is 11.6. The van der Waals surface area contributed by atoms with Crippen LogP contribution in [0.4, 0.5) is 0 Å². The third-order valence-corrected chi connectivity index (χ3v) is 3.02. The molecule has 0 atom stereocenters. The van der Waals surface area contributed by atoms with Gasteiger partial charge in [0.15, 0.2) is 0 Å². The molecule has 0 saturated heterocycles. The summed E-state index contributed by atoms with van der Waals surface area (Å²) in [5.74, 6) is -0.790. The Morgan fingerprint density at radius 3 is 2.71 bits per heavy atom. The molecule has 0 saturated carbocycles. The molecule has 84 valence electrons. The van der Waals surface area contributed by atoms with E-state index in [4.69, 9.17) is 11.6 Å². The van der Waals surface area contributed by atoms with Crippen LogP contribution in [0.25, 0.3) is 16.5 Å². The van der Waals surface area contributed by atoms with E-state index in [-0.39, 0.29) is 0 Å². The zero-order valence-corrected chi connectivity index (χ0v) is 9.34. The number of H-pyrrole nitrogens is 1. The number of halogens is 1. The van der Waals surface area contributed by atoms with Crippen LogP contribution < -0.4 is 5.32 Å².